The molecule has 2 heterocycles. The number of amides is 2. The van der Waals surface area contributed by atoms with Crippen LogP contribution in [0, 0.1) is 0 Å². The highest BCUT2D eigenvalue weighted by Gasteiger charge is 2.26. The van der Waals surface area contributed by atoms with Crippen LogP contribution in [0.5, 0.6) is 0 Å². The van der Waals surface area contributed by atoms with Crippen LogP contribution in [0.2, 0.25) is 0 Å². The monoisotopic (exact) mass is 295 g/mol. The number of imidazole rings is 1. The molecule has 1 aromatic rings. The number of hydrogen-bond acceptors (Lipinski definition) is 4. The first kappa shape index (κ1) is 15.3. The SMILES string of the molecule is CCN1CCN(C(=O)N[C@@H](Cc2cnc[nH]2)C(=O)O)CC1. The Hall–Kier alpha value is -2.09. The summed E-state index contributed by atoms with van der Waals surface area (Å²) in [5.41, 5.74) is 0.679. The Balaban J connectivity index is 1.88. The van der Waals surface area contributed by atoms with Crippen molar-refractivity contribution in [2.24, 2.45) is 0 Å². The van der Waals surface area contributed by atoms with E-state index in [1.807, 2.05) is 0 Å². The van der Waals surface area contributed by atoms with Gasteiger partial charge in [0, 0.05) is 44.5 Å². The molecule has 3 N–H and O–H groups in total. The number of aliphatic carboxylic acids is 1. The molecule has 21 heavy (non-hydrogen) atoms. The van der Waals surface area contributed by atoms with Gasteiger partial charge in [-0.2, -0.15) is 0 Å². The van der Waals surface area contributed by atoms with Gasteiger partial charge in [0.2, 0.25) is 0 Å². The molecular weight excluding hydrogens is 274 g/mol. The van der Waals surface area contributed by atoms with E-state index in [1.54, 1.807) is 11.1 Å². The largest absolute Gasteiger partial charge is 0.480 e. The molecule has 0 aromatic carbocycles. The second-order valence-corrected chi connectivity index (χ2v) is 5.04. The van der Waals surface area contributed by atoms with Crippen LogP contribution >= 0.6 is 0 Å². The average molecular weight is 295 g/mol. The number of piperazine rings is 1. The number of hydrogen-bond donors (Lipinski definition) is 3. The first-order valence-electron chi connectivity index (χ1n) is 7.08. The predicted octanol–water partition coefficient (Wildman–Crippen LogP) is -0.247. The lowest BCUT2D eigenvalue weighted by Crippen LogP contribution is -2.54. The Morgan fingerprint density at radius 3 is 2.67 bits per heavy atom. The summed E-state index contributed by atoms with van der Waals surface area (Å²) in [4.78, 5) is 34.0. The van der Waals surface area contributed by atoms with Crippen molar-refractivity contribution in [2.45, 2.75) is 19.4 Å². The molecule has 8 heteroatoms. The molecule has 1 fully saturated rings. The topological polar surface area (TPSA) is 102 Å². The lowest BCUT2D eigenvalue weighted by Gasteiger charge is -2.34. The number of nitrogens with one attached hydrogen (secondary N) is 2. The minimum absolute atomic E-state index is 0.190. The number of carboxylic acid groups (broad SMARTS) is 1. The smallest absolute Gasteiger partial charge is 0.326 e. The van der Waals surface area contributed by atoms with Crippen molar-refractivity contribution in [3.05, 3.63) is 18.2 Å². The van der Waals surface area contributed by atoms with Gasteiger partial charge in [0.15, 0.2) is 0 Å². The molecule has 0 bridgehead atoms. The van der Waals surface area contributed by atoms with Gasteiger partial charge >= 0.3 is 12.0 Å². The van der Waals surface area contributed by atoms with Gasteiger partial charge in [0.25, 0.3) is 0 Å². The van der Waals surface area contributed by atoms with Gasteiger partial charge in [-0.25, -0.2) is 14.6 Å². The van der Waals surface area contributed by atoms with Crippen molar-refractivity contribution in [2.75, 3.05) is 32.7 Å². The first-order valence-corrected chi connectivity index (χ1v) is 7.08. The number of urea groups is 1. The molecule has 0 unspecified atom stereocenters. The number of aromatic amines is 1. The van der Waals surface area contributed by atoms with Gasteiger partial charge in [-0.05, 0) is 6.54 Å². The van der Waals surface area contributed by atoms with Crippen LogP contribution in [0.25, 0.3) is 0 Å². The fraction of sp³-hybridized carbons (Fsp3) is 0.615. The number of nitrogens with zero attached hydrogens (tertiary/aromatic N) is 3. The zero-order valence-corrected chi connectivity index (χ0v) is 12.1. The first-order chi connectivity index (χ1) is 10.1. The number of rotatable bonds is 5. The molecule has 0 saturated carbocycles. The van der Waals surface area contributed by atoms with E-state index in [2.05, 4.69) is 27.1 Å². The van der Waals surface area contributed by atoms with Crippen LogP contribution in [-0.4, -0.2) is 75.6 Å². The van der Waals surface area contributed by atoms with E-state index in [4.69, 9.17) is 0 Å². The summed E-state index contributed by atoms with van der Waals surface area (Å²) in [6.07, 6.45) is 3.23. The van der Waals surface area contributed by atoms with E-state index in [9.17, 15) is 14.7 Å². The summed E-state index contributed by atoms with van der Waals surface area (Å²) in [5.74, 6) is -1.05. The van der Waals surface area contributed by atoms with Crippen LogP contribution in [-0.2, 0) is 11.2 Å². The third-order valence-corrected chi connectivity index (χ3v) is 3.68. The van der Waals surface area contributed by atoms with E-state index in [0.717, 1.165) is 19.6 Å². The van der Waals surface area contributed by atoms with Gasteiger partial charge < -0.3 is 25.2 Å². The second kappa shape index (κ2) is 7.07. The fourth-order valence-corrected chi connectivity index (χ4v) is 2.32. The molecule has 116 valence electrons. The van der Waals surface area contributed by atoms with Crippen LogP contribution in [0.1, 0.15) is 12.6 Å². The summed E-state index contributed by atoms with van der Waals surface area (Å²) in [7, 11) is 0. The lowest BCUT2D eigenvalue weighted by molar-refractivity contribution is -0.139. The van der Waals surface area contributed by atoms with Gasteiger partial charge in [-0.15, -0.1) is 0 Å². The molecule has 1 atom stereocenters. The maximum Gasteiger partial charge on any atom is 0.326 e. The highest BCUT2D eigenvalue weighted by atomic mass is 16.4. The second-order valence-electron chi connectivity index (χ2n) is 5.04. The third-order valence-electron chi connectivity index (χ3n) is 3.68. The number of aromatic nitrogens is 2. The van der Waals surface area contributed by atoms with Crippen molar-refractivity contribution in [3.8, 4) is 0 Å². The molecule has 1 aromatic heterocycles. The van der Waals surface area contributed by atoms with Crippen molar-refractivity contribution in [1.29, 1.82) is 0 Å². The molecule has 0 spiro atoms. The number of carbonyl (C=O) groups excluding carboxylic acids is 1. The summed E-state index contributed by atoms with van der Waals surface area (Å²) in [6, 6.07) is -1.28. The lowest BCUT2D eigenvalue weighted by atomic mass is 10.1. The van der Waals surface area contributed by atoms with Crippen LogP contribution in [0.4, 0.5) is 4.79 Å². The number of H-pyrrole nitrogens is 1. The van der Waals surface area contributed by atoms with E-state index in [-0.39, 0.29) is 12.5 Å². The molecule has 2 amide bonds. The summed E-state index contributed by atoms with van der Waals surface area (Å²) in [5, 5.41) is 11.8. The normalized spacial score (nSPS) is 17.5. The van der Waals surface area contributed by atoms with Crippen molar-refractivity contribution in [1.82, 2.24) is 25.1 Å². The van der Waals surface area contributed by atoms with Gasteiger partial charge in [0.05, 0.1) is 6.33 Å². The summed E-state index contributed by atoms with van der Waals surface area (Å²) >= 11 is 0. The molecule has 1 aliphatic heterocycles. The molecule has 0 radical (unpaired) electrons. The molecular formula is C13H21N5O3. The van der Waals surface area contributed by atoms with Crippen molar-refractivity contribution in [3.63, 3.8) is 0 Å². The van der Waals surface area contributed by atoms with Crippen LogP contribution < -0.4 is 5.32 Å². The van der Waals surface area contributed by atoms with E-state index < -0.39 is 12.0 Å². The van der Waals surface area contributed by atoms with Gasteiger partial charge in [-0.1, -0.05) is 6.92 Å². The van der Waals surface area contributed by atoms with Gasteiger partial charge in [-0.3, -0.25) is 0 Å². The minimum Gasteiger partial charge on any atom is -0.480 e. The molecule has 1 saturated heterocycles. The maximum atomic E-state index is 12.1. The van der Waals surface area contributed by atoms with Crippen LogP contribution in [0.3, 0.4) is 0 Å². The summed E-state index contributed by atoms with van der Waals surface area (Å²) in [6.45, 7) is 5.93. The zero-order chi connectivity index (χ0) is 15.2. The Labute approximate surface area is 123 Å². The molecule has 0 aliphatic carbocycles. The van der Waals surface area contributed by atoms with Crippen molar-refractivity contribution >= 4 is 12.0 Å². The number of carboxylic acids is 1. The standard InChI is InChI=1S/C13H21N5O3/c1-2-17-3-5-18(6-4-17)13(21)16-11(12(19)20)7-10-8-14-9-15-10/h8-9,11H,2-7H2,1H3,(H,14,15)(H,16,21)(H,19,20)/t11-/m0/s1. The van der Waals surface area contributed by atoms with Crippen molar-refractivity contribution < 1.29 is 14.7 Å². The summed E-state index contributed by atoms with van der Waals surface area (Å²) < 4.78 is 0. The zero-order valence-electron chi connectivity index (χ0n) is 12.1. The Bertz CT molecular complexity index is 468. The van der Waals surface area contributed by atoms with Crippen LogP contribution in [0.15, 0.2) is 12.5 Å². The molecule has 8 nitrogen and oxygen atoms in total. The van der Waals surface area contributed by atoms with E-state index in [1.165, 1.54) is 6.33 Å². The molecule has 2 rings (SSSR count). The Morgan fingerprint density at radius 1 is 1.43 bits per heavy atom. The Kier molecular flexibility index (Phi) is 5.15. The highest BCUT2D eigenvalue weighted by molar-refractivity contribution is 5.82. The maximum absolute atomic E-state index is 12.1. The average Bonchev–Trinajstić information content (AvgIpc) is 2.99. The number of carbonyl (C=O) groups is 2. The minimum atomic E-state index is -1.05. The fourth-order valence-electron chi connectivity index (χ4n) is 2.32. The third kappa shape index (κ3) is 4.19. The quantitative estimate of drug-likeness (QED) is 0.695. The molecule has 1 aliphatic rings. The van der Waals surface area contributed by atoms with Gasteiger partial charge in [0.1, 0.15) is 6.04 Å². The Morgan fingerprint density at radius 2 is 2.14 bits per heavy atom. The van der Waals surface area contributed by atoms with E-state index in [0.29, 0.717) is 18.8 Å². The highest BCUT2D eigenvalue weighted by Crippen LogP contribution is 2.04. The number of likely N-dealkylation sites (N-methyl/N-ethyl adjacent to an activating group) is 1. The predicted molar refractivity (Wildman–Crippen MR) is 75.9 cm³/mol. The van der Waals surface area contributed by atoms with E-state index >= 15 is 0 Å².